The van der Waals surface area contributed by atoms with Crippen molar-refractivity contribution >= 4 is 33.4 Å². The molecule has 0 fully saturated rings. The van der Waals surface area contributed by atoms with Crippen molar-refractivity contribution in [2.45, 2.75) is 33.2 Å². The quantitative estimate of drug-likeness (QED) is 0.759. The van der Waals surface area contributed by atoms with Crippen molar-refractivity contribution in [3.63, 3.8) is 0 Å². The highest BCUT2D eigenvalue weighted by molar-refractivity contribution is 7.98. The molecule has 0 saturated carbocycles. The topological polar surface area (TPSA) is 75.3 Å². The van der Waals surface area contributed by atoms with Gasteiger partial charge < -0.3 is 5.32 Å². The summed E-state index contributed by atoms with van der Waals surface area (Å²) in [5.41, 5.74) is 2.77. The molecule has 0 spiro atoms. The number of benzene rings is 1. The number of hydrogen-bond donors (Lipinski definition) is 2. The Morgan fingerprint density at radius 1 is 1.32 bits per heavy atom. The first-order valence-corrected chi connectivity index (χ1v) is 10.2. The number of hydrogen-bond acceptors (Lipinski definition) is 4. The summed E-state index contributed by atoms with van der Waals surface area (Å²) in [5, 5.41) is 2.82. The molecular weight excluding hydrogens is 320 g/mol. The van der Waals surface area contributed by atoms with Gasteiger partial charge >= 0.3 is 0 Å². The summed E-state index contributed by atoms with van der Waals surface area (Å²) < 4.78 is 26.0. The van der Waals surface area contributed by atoms with Gasteiger partial charge in [-0.15, -0.1) is 0 Å². The molecule has 1 aromatic carbocycles. The number of nitrogens with one attached hydrogen (secondary N) is 2. The van der Waals surface area contributed by atoms with E-state index < -0.39 is 16.1 Å². The molecular formula is C15H24N2O3S2. The lowest BCUT2D eigenvalue weighted by Crippen LogP contribution is -2.44. The van der Waals surface area contributed by atoms with E-state index in [9.17, 15) is 13.2 Å². The van der Waals surface area contributed by atoms with Gasteiger partial charge in [-0.3, -0.25) is 4.79 Å². The molecule has 1 rings (SSSR count). The number of carbonyl (C=O) groups is 1. The Morgan fingerprint density at radius 3 is 2.55 bits per heavy atom. The van der Waals surface area contributed by atoms with Crippen LogP contribution in [0.2, 0.25) is 0 Å². The molecule has 0 aliphatic carbocycles. The van der Waals surface area contributed by atoms with Crippen molar-refractivity contribution in [1.82, 2.24) is 4.72 Å². The number of amides is 1. The van der Waals surface area contributed by atoms with Gasteiger partial charge in [0.15, 0.2) is 0 Å². The monoisotopic (exact) mass is 344 g/mol. The predicted molar refractivity (Wildman–Crippen MR) is 93.9 cm³/mol. The van der Waals surface area contributed by atoms with Crippen molar-refractivity contribution in [3.05, 3.63) is 29.3 Å². The van der Waals surface area contributed by atoms with E-state index in [1.807, 2.05) is 38.3 Å². The second kappa shape index (κ2) is 8.55. The molecule has 0 aliphatic heterocycles. The van der Waals surface area contributed by atoms with Crippen molar-refractivity contribution in [2.75, 3.05) is 23.1 Å². The van der Waals surface area contributed by atoms with E-state index in [4.69, 9.17) is 0 Å². The lowest BCUT2D eigenvalue weighted by atomic mass is 10.1. The SMILES string of the molecule is CCS(=O)(=O)N[C@@H](CCSC)C(=O)Nc1ccc(C)cc1C. The minimum atomic E-state index is -3.42. The summed E-state index contributed by atoms with van der Waals surface area (Å²) in [4.78, 5) is 12.4. The third kappa shape index (κ3) is 5.98. The van der Waals surface area contributed by atoms with Crippen molar-refractivity contribution in [2.24, 2.45) is 0 Å². The van der Waals surface area contributed by atoms with Crippen LogP contribution in [-0.2, 0) is 14.8 Å². The molecule has 124 valence electrons. The molecule has 5 nitrogen and oxygen atoms in total. The van der Waals surface area contributed by atoms with E-state index in [2.05, 4.69) is 10.0 Å². The van der Waals surface area contributed by atoms with E-state index in [-0.39, 0.29) is 11.7 Å². The molecule has 0 radical (unpaired) electrons. The van der Waals surface area contributed by atoms with Gasteiger partial charge in [0.1, 0.15) is 6.04 Å². The Labute approximate surface area is 137 Å². The normalized spacial score (nSPS) is 12.9. The van der Waals surface area contributed by atoms with Gasteiger partial charge in [-0.25, -0.2) is 13.1 Å². The van der Waals surface area contributed by atoms with Crippen LogP contribution in [0.1, 0.15) is 24.5 Å². The van der Waals surface area contributed by atoms with Crippen LogP contribution >= 0.6 is 11.8 Å². The summed E-state index contributed by atoms with van der Waals surface area (Å²) in [6.45, 7) is 5.45. The molecule has 22 heavy (non-hydrogen) atoms. The average Bonchev–Trinajstić information content (AvgIpc) is 2.46. The van der Waals surface area contributed by atoms with Gasteiger partial charge in [-0.2, -0.15) is 11.8 Å². The summed E-state index contributed by atoms with van der Waals surface area (Å²) in [6, 6.07) is 4.97. The highest BCUT2D eigenvalue weighted by atomic mass is 32.2. The first kappa shape index (κ1) is 19.0. The smallest absolute Gasteiger partial charge is 0.242 e. The number of rotatable bonds is 8. The Bertz CT molecular complexity index is 615. The Kier molecular flexibility index (Phi) is 7.38. The molecule has 0 aliphatic rings. The number of sulfonamides is 1. The Balaban J connectivity index is 2.86. The van der Waals surface area contributed by atoms with Crippen LogP contribution in [0.25, 0.3) is 0 Å². The zero-order valence-electron chi connectivity index (χ0n) is 13.5. The Hall–Kier alpha value is -1.05. The summed E-state index contributed by atoms with van der Waals surface area (Å²) >= 11 is 1.58. The third-order valence-corrected chi connectivity index (χ3v) is 5.32. The first-order valence-electron chi connectivity index (χ1n) is 7.16. The molecule has 1 aromatic rings. The minimum absolute atomic E-state index is 0.0421. The van der Waals surface area contributed by atoms with Crippen LogP contribution in [0.5, 0.6) is 0 Å². The lowest BCUT2D eigenvalue weighted by Gasteiger charge is -2.18. The minimum Gasteiger partial charge on any atom is -0.324 e. The fourth-order valence-corrected chi connectivity index (χ4v) is 3.25. The fraction of sp³-hybridized carbons (Fsp3) is 0.533. The zero-order valence-corrected chi connectivity index (χ0v) is 15.1. The van der Waals surface area contributed by atoms with Crippen molar-refractivity contribution < 1.29 is 13.2 Å². The number of thioether (sulfide) groups is 1. The van der Waals surface area contributed by atoms with E-state index in [0.717, 1.165) is 11.1 Å². The van der Waals surface area contributed by atoms with Gasteiger partial charge in [0.25, 0.3) is 0 Å². The number of aryl methyl sites for hydroxylation is 2. The first-order chi connectivity index (χ1) is 10.3. The largest absolute Gasteiger partial charge is 0.324 e. The van der Waals surface area contributed by atoms with Crippen LogP contribution in [0.4, 0.5) is 5.69 Å². The summed E-state index contributed by atoms with van der Waals surface area (Å²) in [6.07, 6.45) is 2.38. The van der Waals surface area contributed by atoms with E-state index >= 15 is 0 Å². The predicted octanol–water partition coefficient (Wildman–Crippen LogP) is 2.30. The molecule has 0 heterocycles. The van der Waals surface area contributed by atoms with Crippen LogP contribution in [-0.4, -0.2) is 38.1 Å². The molecule has 0 bridgehead atoms. The average molecular weight is 345 g/mol. The van der Waals surface area contributed by atoms with E-state index in [1.54, 1.807) is 18.7 Å². The second-order valence-electron chi connectivity index (χ2n) is 5.16. The summed E-state index contributed by atoms with van der Waals surface area (Å²) in [5.74, 6) is 0.342. The van der Waals surface area contributed by atoms with E-state index in [1.165, 1.54) is 0 Å². The highest BCUT2D eigenvalue weighted by Gasteiger charge is 2.23. The maximum Gasteiger partial charge on any atom is 0.242 e. The van der Waals surface area contributed by atoms with Crippen LogP contribution in [0.3, 0.4) is 0 Å². The summed E-state index contributed by atoms with van der Waals surface area (Å²) in [7, 11) is -3.42. The standard InChI is InChI=1S/C15H24N2O3S2/c1-5-22(19,20)17-14(8-9-21-4)15(18)16-13-7-6-11(2)10-12(13)3/h6-7,10,14,17H,5,8-9H2,1-4H3,(H,16,18)/t14-/m0/s1. The lowest BCUT2D eigenvalue weighted by molar-refractivity contribution is -0.117. The van der Waals surface area contributed by atoms with Gasteiger partial charge in [-0.05, 0) is 50.8 Å². The van der Waals surface area contributed by atoms with Crippen LogP contribution < -0.4 is 10.0 Å². The molecule has 0 unspecified atom stereocenters. The van der Waals surface area contributed by atoms with Crippen LogP contribution in [0, 0.1) is 13.8 Å². The Morgan fingerprint density at radius 2 is 2.00 bits per heavy atom. The fourth-order valence-electron chi connectivity index (χ4n) is 1.95. The molecule has 1 amide bonds. The maximum absolute atomic E-state index is 12.4. The second-order valence-corrected chi connectivity index (χ2v) is 8.19. The molecule has 0 saturated heterocycles. The van der Waals surface area contributed by atoms with Crippen molar-refractivity contribution in [3.8, 4) is 0 Å². The zero-order chi connectivity index (χ0) is 16.8. The van der Waals surface area contributed by atoms with E-state index in [0.29, 0.717) is 17.9 Å². The van der Waals surface area contributed by atoms with Gasteiger partial charge in [0.2, 0.25) is 15.9 Å². The number of carbonyl (C=O) groups excluding carboxylic acids is 1. The molecule has 2 N–H and O–H groups in total. The molecule has 7 heteroatoms. The molecule has 0 aromatic heterocycles. The van der Waals surface area contributed by atoms with Gasteiger partial charge in [-0.1, -0.05) is 17.7 Å². The highest BCUT2D eigenvalue weighted by Crippen LogP contribution is 2.17. The van der Waals surface area contributed by atoms with Gasteiger partial charge in [0, 0.05) is 5.69 Å². The third-order valence-electron chi connectivity index (χ3n) is 3.27. The number of anilines is 1. The van der Waals surface area contributed by atoms with Crippen LogP contribution in [0.15, 0.2) is 18.2 Å². The van der Waals surface area contributed by atoms with Gasteiger partial charge in [0.05, 0.1) is 5.75 Å². The maximum atomic E-state index is 12.4. The van der Waals surface area contributed by atoms with Crippen molar-refractivity contribution in [1.29, 1.82) is 0 Å². The molecule has 1 atom stereocenters.